The van der Waals surface area contributed by atoms with Crippen LogP contribution in [0.2, 0.25) is 0 Å². The lowest BCUT2D eigenvalue weighted by atomic mass is 9.82. The van der Waals surface area contributed by atoms with E-state index in [-0.39, 0.29) is 41.7 Å². The second-order valence-electron chi connectivity index (χ2n) is 10.8. The first-order valence-electron chi connectivity index (χ1n) is 16.5. The minimum atomic E-state index is -0.390. The summed E-state index contributed by atoms with van der Waals surface area (Å²) < 4.78 is 48.4. The third-order valence-electron chi connectivity index (χ3n) is 8.69. The molecule has 0 N–H and O–H groups in total. The second kappa shape index (κ2) is 8.68. The zero-order valence-corrected chi connectivity index (χ0v) is 22.1. The van der Waals surface area contributed by atoms with Crippen molar-refractivity contribution in [1.82, 2.24) is 0 Å². The molecule has 7 aromatic carbocycles. The van der Waals surface area contributed by atoms with E-state index in [2.05, 4.69) is 91.0 Å². The van der Waals surface area contributed by atoms with Crippen LogP contribution in [0.4, 0.5) is 0 Å². The van der Waals surface area contributed by atoms with Crippen LogP contribution in [0.3, 0.4) is 0 Å². The fraction of sp³-hybridized carbons (Fsp3) is 0.0500. The van der Waals surface area contributed by atoms with E-state index in [4.69, 9.17) is 11.6 Å². The van der Waals surface area contributed by atoms with Crippen LogP contribution in [0, 0.1) is 0 Å². The van der Waals surface area contributed by atoms with Crippen LogP contribution in [0.5, 0.6) is 5.75 Å². The predicted molar refractivity (Wildman–Crippen MR) is 173 cm³/mol. The van der Waals surface area contributed by atoms with Gasteiger partial charge in [0.05, 0.1) is 6.85 Å². The maximum atomic E-state index is 8.66. The van der Waals surface area contributed by atoms with Crippen LogP contribution in [0.25, 0.3) is 65.3 Å². The van der Waals surface area contributed by atoms with Gasteiger partial charge < -0.3 is 4.74 Å². The summed E-state index contributed by atoms with van der Waals surface area (Å²) in [5.41, 5.74) is 4.39. The molecular weight excluding hydrogens is 496 g/mol. The highest BCUT2D eigenvalue weighted by atomic mass is 16.5. The van der Waals surface area contributed by atoms with E-state index in [0.717, 1.165) is 72.1 Å². The molecule has 0 saturated carbocycles. The van der Waals surface area contributed by atoms with Crippen molar-refractivity contribution in [3.05, 3.63) is 151 Å². The minimum Gasteiger partial charge on any atom is -0.460 e. The molecule has 2 aliphatic rings. The normalized spacial score (nSPS) is 17.4. The molecular formula is C40H26O. The summed E-state index contributed by atoms with van der Waals surface area (Å²) in [5, 5.41) is 8.48. The highest BCUT2D eigenvalue weighted by molar-refractivity contribution is 6.24. The van der Waals surface area contributed by atoms with Gasteiger partial charge in [0, 0.05) is 11.3 Å². The lowest BCUT2D eigenvalue weighted by Crippen LogP contribution is -2.15. The molecule has 1 atom stereocenters. The molecule has 1 unspecified atom stereocenters. The van der Waals surface area contributed by atoms with E-state index in [1.54, 1.807) is 0 Å². The van der Waals surface area contributed by atoms with Gasteiger partial charge in [0.2, 0.25) is 0 Å². The van der Waals surface area contributed by atoms with Gasteiger partial charge in [-0.05, 0) is 96.2 Å². The molecule has 41 heavy (non-hydrogen) atoms. The van der Waals surface area contributed by atoms with E-state index in [0.29, 0.717) is 5.56 Å². The maximum absolute atomic E-state index is 8.66. The quantitative estimate of drug-likeness (QED) is 0.160. The number of hydrogen-bond acceptors (Lipinski definition) is 1. The zero-order chi connectivity index (χ0) is 31.3. The molecule has 0 fully saturated rings. The molecule has 0 bridgehead atoms. The third-order valence-corrected chi connectivity index (χ3v) is 8.69. The Morgan fingerprint density at radius 1 is 0.659 bits per heavy atom. The number of rotatable bonds is 2. The fourth-order valence-corrected chi connectivity index (χ4v) is 6.92. The molecule has 1 heterocycles. The van der Waals surface area contributed by atoms with Crippen molar-refractivity contribution in [3.8, 4) is 28.0 Å². The largest absolute Gasteiger partial charge is 0.460 e. The predicted octanol–water partition coefficient (Wildman–Crippen LogP) is 11.0. The smallest absolute Gasteiger partial charge is 0.135 e. The highest BCUT2D eigenvalue weighted by Gasteiger charge is 2.29. The van der Waals surface area contributed by atoms with Gasteiger partial charge in [-0.3, -0.25) is 0 Å². The molecule has 9 rings (SSSR count). The Morgan fingerprint density at radius 2 is 1.49 bits per heavy atom. The van der Waals surface area contributed by atoms with Gasteiger partial charge in [-0.25, -0.2) is 0 Å². The van der Waals surface area contributed by atoms with E-state index in [9.17, 15) is 0 Å². The van der Waals surface area contributed by atoms with Crippen molar-refractivity contribution in [3.63, 3.8) is 0 Å². The summed E-state index contributed by atoms with van der Waals surface area (Å²) in [6, 6.07) is 30.0. The lowest BCUT2D eigenvalue weighted by molar-refractivity contribution is 0.375. The van der Waals surface area contributed by atoms with Crippen LogP contribution in [0.1, 0.15) is 24.8 Å². The van der Waals surface area contributed by atoms with Gasteiger partial charge in [-0.1, -0.05) is 115 Å². The first-order chi connectivity index (χ1) is 22.4. The number of ether oxygens (including phenoxy) is 1. The van der Waals surface area contributed by atoms with Gasteiger partial charge in [0.1, 0.15) is 11.5 Å². The Labute approximate surface area is 245 Å². The number of allylic oxidation sites excluding steroid dienone is 4. The highest BCUT2D eigenvalue weighted by Crippen LogP contribution is 2.49. The molecule has 1 aliphatic heterocycles. The molecule has 0 spiro atoms. The van der Waals surface area contributed by atoms with Crippen molar-refractivity contribution in [2.75, 3.05) is 0 Å². The molecule has 0 radical (unpaired) electrons. The van der Waals surface area contributed by atoms with Crippen LogP contribution in [0.15, 0.2) is 145 Å². The Kier molecular flexibility index (Phi) is 3.86. The van der Waals surface area contributed by atoms with Gasteiger partial charge in [0.15, 0.2) is 0 Å². The second-order valence-corrected chi connectivity index (χ2v) is 10.8. The van der Waals surface area contributed by atoms with Gasteiger partial charge in [0.25, 0.3) is 0 Å². The molecule has 1 aliphatic carbocycles. The average molecular weight is 528 g/mol. The average Bonchev–Trinajstić information content (AvgIpc) is 3.09. The van der Waals surface area contributed by atoms with E-state index >= 15 is 0 Å². The topological polar surface area (TPSA) is 9.23 Å². The zero-order valence-electron chi connectivity index (χ0n) is 27.1. The summed E-state index contributed by atoms with van der Waals surface area (Å²) in [5.74, 6) is 2.07. The van der Waals surface area contributed by atoms with Crippen molar-refractivity contribution >= 4 is 43.1 Å². The van der Waals surface area contributed by atoms with Crippen molar-refractivity contribution in [1.29, 1.82) is 0 Å². The summed E-state index contributed by atoms with van der Waals surface area (Å²) in [7, 11) is 0. The van der Waals surface area contributed by atoms with Crippen LogP contribution in [-0.2, 0) is 0 Å². The van der Waals surface area contributed by atoms with Gasteiger partial charge in [-0.2, -0.15) is 0 Å². The van der Waals surface area contributed by atoms with E-state index in [1.165, 1.54) is 5.56 Å². The van der Waals surface area contributed by atoms with Gasteiger partial charge >= 0.3 is 0 Å². The molecule has 0 amide bonds. The number of hydrogen-bond donors (Lipinski definition) is 0. The summed E-state index contributed by atoms with van der Waals surface area (Å²) in [4.78, 5) is 0. The third kappa shape index (κ3) is 3.30. The van der Waals surface area contributed by atoms with Crippen molar-refractivity contribution < 1.29 is 11.6 Å². The molecule has 7 aromatic rings. The fourth-order valence-electron chi connectivity index (χ4n) is 6.92. The molecule has 1 nitrogen and oxygen atoms in total. The first-order valence-corrected chi connectivity index (χ1v) is 14.0. The Bertz CT molecular complexity index is 2520. The van der Waals surface area contributed by atoms with E-state index in [1.807, 2.05) is 18.2 Å². The number of fused-ring (bicyclic) bond motifs is 6. The number of benzene rings is 7. The first kappa shape index (κ1) is 18.3. The molecule has 1 heteroatoms. The minimum absolute atomic E-state index is 0.199. The molecule has 0 saturated heterocycles. The Morgan fingerprint density at radius 3 is 2.44 bits per heavy atom. The van der Waals surface area contributed by atoms with Crippen LogP contribution >= 0.6 is 0 Å². The Balaban J connectivity index is 1.37. The lowest BCUT2D eigenvalue weighted by Gasteiger charge is -2.30. The Hall–Kier alpha value is -5.14. The van der Waals surface area contributed by atoms with Crippen molar-refractivity contribution in [2.24, 2.45) is 0 Å². The SMILES string of the molecule is [2H]c1c([2H])c([2H])c(-c2cccc3c2ccc2c(-c4ccc5c6c(cccc46)C4CC=CC=C4O5)c4ccccc4cc23)c([2H])c1[2H]. The molecule has 192 valence electrons. The monoisotopic (exact) mass is 527 g/mol. The standard InChI is InChI=1S/C40H26O/c1-2-10-25(11-3-1)27-15-8-16-29-30(27)20-21-35-36(29)24-26-12-4-5-13-28(26)39(35)34-22-23-38-40-32(17-9-18-33(34)40)31-14-6-7-19-37(31)41-38/h1-13,15-24,31H,14H2/i1D,2D,3D,10D,11D. The summed E-state index contributed by atoms with van der Waals surface area (Å²) in [6.07, 6.45) is 7.26. The van der Waals surface area contributed by atoms with Gasteiger partial charge in [-0.15, -0.1) is 0 Å². The van der Waals surface area contributed by atoms with Crippen LogP contribution < -0.4 is 4.74 Å². The summed E-state index contributed by atoms with van der Waals surface area (Å²) in [6.45, 7) is 0. The molecule has 0 aromatic heterocycles. The van der Waals surface area contributed by atoms with Crippen molar-refractivity contribution in [2.45, 2.75) is 12.3 Å². The van der Waals surface area contributed by atoms with Crippen LogP contribution in [-0.4, -0.2) is 0 Å². The summed E-state index contributed by atoms with van der Waals surface area (Å²) >= 11 is 0. The van der Waals surface area contributed by atoms with E-state index < -0.39 is 0 Å². The maximum Gasteiger partial charge on any atom is 0.135 e.